The number of hydrogen-bond acceptors (Lipinski definition) is 3. The molecule has 0 radical (unpaired) electrons. The molecule has 0 bridgehead atoms. The van der Waals surface area contributed by atoms with Crippen LogP contribution < -0.4 is 11.0 Å². The highest BCUT2D eigenvalue weighted by Gasteiger charge is 2.13. The van der Waals surface area contributed by atoms with Crippen LogP contribution in [0, 0.1) is 5.92 Å². The summed E-state index contributed by atoms with van der Waals surface area (Å²) in [4.78, 5) is 11.5. The standard InChI is InChI=1S/C12H26N2O/c1-9(2)12(15)6-5-11(7-8-13)14-10(3)4/h9-11,14H,5-8,13H2,1-4H3/t11-/m0/s1/i/hD. The molecule has 0 fully saturated rings. The van der Waals surface area contributed by atoms with Gasteiger partial charge in [0.15, 0.2) is 0 Å². The van der Waals surface area contributed by atoms with Gasteiger partial charge in [-0.3, -0.25) is 4.79 Å². The second kappa shape index (κ2) is 7.83. The van der Waals surface area contributed by atoms with Crippen LogP contribution in [0.25, 0.3) is 0 Å². The Labute approximate surface area is 95.3 Å². The Morgan fingerprint density at radius 2 is 2.00 bits per heavy atom. The van der Waals surface area contributed by atoms with E-state index in [2.05, 4.69) is 24.9 Å². The maximum Gasteiger partial charge on any atom is 0.135 e. The highest BCUT2D eigenvalue weighted by molar-refractivity contribution is 5.80. The molecule has 0 aliphatic heterocycles. The van der Waals surface area contributed by atoms with Crippen LogP contribution in [0.15, 0.2) is 0 Å². The molecule has 0 aromatic heterocycles. The van der Waals surface area contributed by atoms with Crippen molar-refractivity contribution >= 4 is 5.78 Å². The minimum Gasteiger partial charge on any atom is -0.330 e. The SMILES string of the molecule is [2H]NCC[C@H](CCC(=O)C(C)C)NC(C)C. The lowest BCUT2D eigenvalue weighted by Crippen LogP contribution is -2.36. The van der Waals surface area contributed by atoms with E-state index in [1.54, 1.807) is 0 Å². The Balaban J connectivity index is 3.95. The molecule has 0 amide bonds. The maximum absolute atomic E-state index is 11.5. The zero-order valence-electron chi connectivity index (χ0n) is 11.5. The minimum absolute atomic E-state index is 0.133. The molecule has 3 nitrogen and oxygen atoms in total. The van der Waals surface area contributed by atoms with Crippen LogP contribution in [0.4, 0.5) is 0 Å². The van der Waals surface area contributed by atoms with E-state index in [4.69, 9.17) is 1.41 Å². The number of Topliss-reactive ketones (excluding diaryl/α,β-unsaturated/α-hetero) is 1. The topological polar surface area (TPSA) is 55.1 Å². The molecule has 1 atom stereocenters. The average Bonchev–Trinajstić information content (AvgIpc) is 2.20. The summed E-state index contributed by atoms with van der Waals surface area (Å²) >= 11 is 0. The number of nitrogens with one attached hydrogen (secondary N) is 1. The molecule has 0 rings (SSSR count). The highest BCUT2D eigenvalue weighted by atomic mass is 16.1. The normalized spacial score (nSPS) is 14.4. The van der Waals surface area contributed by atoms with Crippen LogP contribution in [-0.4, -0.2) is 24.4 Å². The average molecular weight is 215 g/mol. The molecule has 15 heavy (non-hydrogen) atoms. The fourth-order valence-corrected chi connectivity index (χ4v) is 1.56. The van der Waals surface area contributed by atoms with Crippen molar-refractivity contribution in [3.63, 3.8) is 0 Å². The lowest BCUT2D eigenvalue weighted by Gasteiger charge is -2.20. The van der Waals surface area contributed by atoms with E-state index in [0.717, 1.165) is 12.8 Å². The van der Waals surface area contributed by atoms with Gasteiger partial charge in [0, 0.05) is 24.4 Å². The van der Waals surface area contributed by atoms with Crippen molar-refractivity contribution in [2.45, 2.75) is 59.0 Å². The summed E-state index contributed by atoms with van der Waals surface area (Å²) in [6, 6.07) is 0.755. The van der Waals surface area contributed by atoms with Gasteiger partial charge in [0.2, 0.25) is 0 Å². The van der Waals surface area contributed by atoms with Gasteiger partial charge < -0.3 is 11.0 Å². The number of carbonyl (C=O) groups is 1. The second-order valence-electron chi connectivity index (χ2n) is 4.72. The first kappa shape index (κ1) is 12.7. The van der Waals surface area contributed by atoms with E-state index in [1.165, 1.54) is 0 Å². The molecule has 90 valence electrons. The van der Waals surface area contributed by atoms with E-state index in [-0.39, 0.29) is 5.92 Å². The summed E-state index contributed by atoms with van der Waals surface area (Å²) in [7, 11) is 0. The molecule has 3 N–H and O–H groups in total. The van der Waals surface area contributed by atoms with E-state index in [1.807, 2.05) is 13.8 Å². The Hall–Kier alpha value is -0.410. The summed E-state index contributed by atoms with van der Waals surface area (Å²) in [6.07, 6.45) is 2.41. The van der Waals surface area contributed by atoms with E-state index < -0.39 is 0 Å². The predicted octanol–water partition coefficient (Wildman–Crippen LogP) is 1.71. The zero-order valence-corrected chi connectivity index (χ0v) is 10.5. The summed E-state index contributed by atoms with van der Waals surface area (Å²) in [6.45, 7) is 8.76. The molecule has 0 aromatic carbocycles. The third-order valence-electron chi connectivity index (χ3n) is 2.44. The first-order valence-electron chi connectivity index (χ1n) is 6.40. The molecule has 0 aromatic rings. The van der Waals surface area contributed by atoms with Crippen LogP contribution in [-0.2, 0) is 4.79 Å². The van der Waals surface area contributed by atoms with Gasteiger partial charge in [-0.25, -0.2) is 0 Å². The first-order valence-corrected chi connectivity index (χ1v) is 5.90. The van der Waals surface area contributed by atoms with Crippen LogP contribution in [0.1, 0.15) is 47.0 Å². The van der Waals surface area contributed by atoms with Crippen molar-refractivity contribution in [3.8, 4) is 0 Å². The lowest BCUT2D eigenvalue weighted by atomic mass is 9.99. The monoisotopic (exact) mass is 215 g/mol. The summed E-state index contributed by atoms with van der Waals surface area (Å²) in [5, 5.41) is 3.43. The first-order chi connectivity index (χ1) is 7.47. The van der Waals surface area contributed by atoms with Gasteiger partial charge >= 0.3 is 0 Å². The third-order valence-corrected chi connectivity index (χ3v) is 2.44. The zero-order chi connectivity index (χ0) is 12.6. The van der Waals surface area contributed by atoms with Crippen LogP contribution in [0.2, 0.25) is 1.41 Å². The van der Waals surface area contributed by atoms with Crippen molar-refractivity contribution in [2.75, 3.05) is 6.54 Å². The minimum atomic E-state index is 0.133. The molecule has 0 saturated carbocycles. The fraction of sp³-hybridized carbons (Fsp3) is 0.917. The van der Waals surface area contributed by atoms with Crippen molar-refractivity contribution in [1.82, 2.24) is 5.32 Å². The molecule has 0 heterocycles. The number of ketones is 1. The predicted molar refractivity (Wildman–Crippen MR) is 64.8 cm³/mol. The number of carbonyl (C=O) groups excluding carboxylic acids is 1. The van der Waals surface area contributed by atoms with E-state index in [9.17, 15) is 4.79 Å². The van der Waals surface area contributed by atoms with Gasteiger partial charge in [0.25, 0.3) is 0 Å². The highest BCUT2D eigenvalue weighted by Crippen LogP contribution is 2.07. The fourth-order valence-electron chi connectivity index (χ4n) is 1.56. The molecule has 0 aliphatic carbocycles. The van der Waals surface area contributed by atoms with Gasteiger partial charge in [-0.15, -0.1) is 0 Å². The molecular formula is C12H26N2O. The largest absolute Gasteiger partial charge is 0.330 e. The van der Waals surface area contributed by atoms with Gasteiger partial charge in [0.1, 0.15) is 7.20 Å². The second-order valence-corrected chi connectivity index (χ2v) is 4.72. The molecule has 0 spiro atoms. The summed E-state index contributed by atoms with van der Waals surface area (Å²) < 4.78 is 6.92. The lowest BCUT2D eigenvalue weighted by molar-refractivity contribution is -0.122. The molecule has 3 heteroatoms. The van der Waals surface area contributed by atoms with Crippen molar-refractivity contribution in [2.24, 2.45) is 11.6 Å². The number of rotatable bonds is 9. The molecule has 0 aliphatic rings. The molecule has 0 saturated heterocycles. The quantitative estimate of drug-likeness (QED) is 0.615. The Morgan fingerprint density at radius 1 is 1.33 bits per heavy atom. The molecular weight excluding hydrogens is 188 g/mol. The number of hydrogen-bond donors (Lipinski definition) is 2. The smallest absolute Gasteiger partial charge is 0.135 e. The van der Waals surface area contributed by atoms with Gasteiger partial charge in [0.05, 0.1) is 0 Å². The van der Waals surface area contributed by atoms with Crippen LogP contribution >= 0.6 is 0 Å². The van der Waals surface area contributed by atoms with Crippen molar-refractivity contribution in [3.05, 3.63) is 0 Å². The Morgan fingerprint density at radius 3 is 2.47 bits per heavy atom. The van der Waals surface area contributed by atoms with E-state index in [0.29, 0.717) is 30.8 Å². The number of nitrogens with two attached hydrogens (primary N) is 1. The van der Waals surface area contributed by atoms with E-state index >= 15 is 0 Å². The van der Waals surface area contributed by atoms with Gasteiger partial charge in [-0.1, -0.05) is 27.7 Å². The van der Waals surface area contributed by atoms with Crippen LogP contribution in [0.3, 0.4) is 0 Å². The van der Waals surface area contributed by atoms with Gasteiger partial charge in [-0.2, -0.15) is 0 Å². The van der Waals surface area contributed by atoms with Gasteiger partial charge in [-0.05, 0) is 19.4 Å². The van der Waals surface area contributed by atoms with Crippen molar-refractivity contribution in [1.29, 1.82) is 0 Å². The maximum atomic E-state index is 11.5. The molecule has 0 unspecified atom stereocenters. The van der Waals surface area contributed by atoms with Crippen molar-refractivity contribution < 1.29 is 6.21 Å². The summed E-state index contributed by atoms with van der Waals surface area (Å²) in [5.74, 6) is 0.461. The summed E-state index contributed by atoms with van der Waals surface area (Å²) in [5.41, 5.74) is 2.41. The Bertz CT molecular complexity index is 195. The Kier molecular flexibility index (Phi) is 6.60. The van der Waals surface area contributed by atoms with Crippen LogP contribution in [0.5, 0.6) is 0 Å². The third kappa shape index (κ3) is 7.51.